The maximum absolute atomic E-state index is 12.7. The molecule has 0 atom stereocenters. The molecule has 2 aliphatic rings. The fourth-order valence-electron chi connectivity index (χ4n) is 3.46. The van der Waals surface area contributed by atoms with Gasteiger partial charge in [-0.05, 0) is 30.7 Å². The maximum atomic E-state index is 12.7. The number of rotatable bonds is 4. The van der Waals surface area contributed by atoms with Crippen LogP contribution in [-0.2, 0) is 9.59 Å². The van der Waals surface area contributed by atoms with Gasteiger partial charge in [0.05, 0.1) is 26.2 Å². The summed E-state index contributed by atoms with van der Waals surface area (Å²) < 4.78 is 0. The van der Waals surface area contributed by atoms with E-state index in [1.165, 1.54) is 4.90 Å². The summed E-state index contributed by atoms with van der Waals surface area (Å²) in [5.41, 5.74) is 1.51. The van der Waals surface area contributed by atoms with Crippen LogP contribution in [0.3, 0.4) is 0 Å². The van der Waals surface area contributed by atoms with E-state index < -0.39 is 0 Å². The average molecular weight is 359 g/mol. The average Bonchev–Trinajstić information content (AvgIpc) is 3.08. The third kappa shape index (κ3) is 4.04. The first-order valence-electron chi connectivity index (χ1n) is 9.19. The fourth-order valence-corrected chi connectivity index (χ4v) is 3.46. The first-order chi connectivity index (χ1) is 12.5. The Labute approximate surface area is 154 Å². The predicted molar refractivity (Wildman–Crippen MR) is 98.2 cm³/mol. The van der Waals surface area contributed by atoms with Crippen molar-refractivity contribution in [1.29, 1.82) is 0 Å². The standard InChI is InChI=1S/C19H26N4O3/c1-20(2)18(25)14-21-10-12-22(13-11-21)19(26)15-5-7-16(8-6-15)23-9-3-4-17(23)24/h5-8H,3-4,9-14H2,1-2H3/p+1. The lowest BCUT2D eigenvalue weighted by atomic mass is 10.1. The highest BCUT2D eigenvalue weighted by Gasteiger charge is 2.27. The molecule has 140 valence electrons. The van der Waals surface area contributed by atoms with Crippen molar-refractivity contribution in [2.75, 3.05) is 58.3 Å². The largest absolute Gasteiger partial charge is 0.344 e. The number of anilines is 1. The molecule has 1 N–H and O–H groups in total. The number of piperazine rings is 1. The summed E-state index contributed by atoms with van der Waals surface area (Å²) in [5.74, 6) is 0.282. The summed E-state index contributed by atoms with van der Waals surface area (Å²) in [5, 5.41) is 0. The Balaban J connectivity index is 1.55. The second-order valence-corrected chi connectivity index (χ2v) is 7.20. The molecule has 7 nitrogen and oxygen atoms in total. The summed E-state index contributed by atoms with van der Waals surface area (Å²) in [6.07, 6.45) is 1.49. The van der Waals surface area contributed by atoms with Crippen LogP contribution in [0.1, 0.15) is 23.2 Å². The summed E-state index contributed by atoms with van der Waals surface area (Å²) in [7, 11) is 3.53. The van der Waals surface area contributed by atoms with Crippen LogP contribution in [0.25, 0.3) is 0 Å². The molecular weight excluding hydrogens is 332 g/mol. The number of hydrogen-bond donors (Lipinski definition) is 1. The van der Waals surface area contributed by atoms with Gasteiger partial charge < -0.3 is 19.6 Å². The van der Waals surface area contributed by atoms with Crippen LogP contribution in [0, 0.1) is 0 Å². The molecule has 3 amide bonds. The number of carbonyl (C=O) groups excluding carboxylic acids is 3. The van der Waals surface area contributed by atoms with E-state index in [9.17, 15) is 14.4 Å². The molecule has 0 aromatic heterocycles. The monoisotopic (exact) mass is 359 g/mol. The second-order valence-electron chi connectivity index (χ2n) is 7.20. The number of carbonyl (C=O) groups is 3. The number of hydrogen-bond acceptors (Lipinski definition) is 3. The van der Waals surface area contributed by atoms with E-state index in [1.54, 1.807) is 36.0 Å². The number of quaternary nitrogens is 1. The van der Waals surface area contributed by atoms with Gasteiger partial charge in [-0.25, -0.2) is 0 Å². The lowest BCUT2D eigenvalue weighted by molar-refractivity contribution is -0.896. The fraction of sp³-hybridized carbons (Fsp3) is 0.526. The van der Waals surface area contributed by atoms with E-state index in [0.717, 1.165) is 31.7 Å². The van der Waals surface area contributed by atoms with E-state index in [1.807, 2.05) is 17.0 Å². The van der Waals surface area contributed by atoms with Gasteiger partial charge in [-0.1, -0.05) is 0 Å². The van der Waals surface area contributed by atoms with Crippen molar-refractivity contribution in [2.45, 2.75) is 12.8 Å². The highest BCUT2D eigenvalue weighted by atomic mass is 16.2. The SMILES string of the molecule is CN(C)C(=O)C[NH+]1CCN(C(=O)c2ccc(N3CCCC3=O)cc2)CC1. The van der Waals surface area contributed by atoms with Gasteiger partial charge in [0.2, 0.25) is 5.91 Å². The molecule has 1 aromatic rings. The van der Waals surface area contributed by atoms with Crippen molar-refractivity contribution in [3.05, 3.63) is 29.8 Å². The molecule has 26 heavy (non-hydrogen) atoms. The molecule has 7 heteroatoms. The molecule has 2 saturated heterocycles. The minimum Gasteiger partial charge on any atom is -0.344 e. The Morgan fingerprint density at radius 3 is 2.27 bits per heavy atom. The van der Waals surface area contributed by atoms with Gasteiger partial charge in [-0.15, -0.1) is 0 Å². The van der Waals surface area contributed by atoms with Crippen molar-refractivity contribution in [3.63, 3.8) is 0 Å². The Hall–Kier alpha value is -2.41. The molecule has 0 radical (unpaired) electrons. The quantitative estimate of drug-likeness (QED) is 0.769. The molecule has 1 aromatic carbocycles. The second kappa shape index (κ2) is 7.86. The number of nitrogens with zero attached hydrogens (tertiary/aromatic N) is 3. The van der Waals surface area contributed by atoms with E-state index >= 15 is 0 Å². The zero-order valence-corrected chi connectivity index (χ0v) is 15.5. The minimum absolute atomic E-state index is 0.0160. The predicted octanol–water partition coefficient (Wildman–Crippen LogP) is -0.758. The number of benzene rings is 1. The van der Waals surface area contributed by atoms with Crippen LogP contribution in [0.15, 0.2) is 24.3 Å². The van der Waals surface area contributed by atoms with Gasteiger partial charge in [-0.3, -0.25) is 14.4 Å². The van der Waals surface area contributed by atoms with Crippen molar-refractivity contribution < 1.29 is 19.3 Å². The summed E-state index contributed by atoms with van der Waals surface area (Å²) in [4.78, 5) is 42.8. The van der Waals surface area contributed by atoms with E-state index in [2.05, 4.69) is 0 Å². The Bertz CT molecular complexity index is 679. The van der Waals surface area contributed by atoms with E-state index in [-0.39, 0.29) is 17.7 Å². The van der Waals surface area contributed by atoms with Crippen LogP contribution < -0.4 is 9.80 Å². The molecule has 2 aliphatic heterocycles. The van der Waals surface area contributed by atoms with Crippen LogP contribution >= 0.6 is 0 Å². The number of nitrogens with one attached hydrogen (secondary N) is 1. The molecule has 0 spiro atoms. The highest BCUT2D eigenvalue weighted by Crippen LogP contribution is 2.22. The third-order valence-corrected chi connectivity index (χ3v) is 5.16. The van der Waals surface area contributed by atoms with Gasteiger partial charge >= 0.3 is 0 Å². The van der Waals surface area contributed by atoms with Crippen molar-refractivity contribution in [3.8, 4) is 0 Å². The van der Waals surface area contributed by atoms with Crippen LogP contribution in [0.5, 0.6) is 0 Å². The molecule has 3 rings (SSSR count). The molecular formula is C19H27N4O3+. The van der Waals surface area contributed by atoms with E-state index in [0.29, 0.717) is 31.6 Å². The van der Waals surface area contributed by atoms with Crippen LogP contribution in [0.4, 0.5) is 5.69 Å². The lowest BCUT2D eigenvalue weighted by Crippen LogP contribution is -3.15. The van der Waals surface area contributed by atoms with Crippen LogP contribution in [0.2, 0.25) is 0 Å². The van der Waals surface area contributed by atoms with Gasteiger partial charge in [0.15, 0.2) is 6.54 Å². The highest BCUT2D eigenvalue weighted by molar-refractivity contribution is 5.97. The first kappa shape index (κ1) is 18.4. The lowest BCUT2D eigenvalue weighted by Gasteiger charge is -2.32. The molecule has 0 aliphatic carbocycles. The summed E-state index contributed by atoms with van der Waals surface area (Å²) in [6, 6.07) is 7.32. The zero-order valence-electron chi connectivity index (χ0n) is 15.5. The molecule has 2 heterocycles. The molecule has 0 unspecified atom stereocenters. The van der Waals surface area contributed by atoms with Gasteiger partial charge in [0.25, 0.3) is 11.8 Å². The van der Waals surface area contributed by atoms with Crippen LogP contribution in [-0.4, -0.2) is 80.9 Å². The van der Waals surface area contributed by atoms with Crippen molar-refractivity contribution in [1.82, 2.24) is 9.80 Å². The molecule has 0 saturated carbocycles. The minimum atomic E-state index is 0.0160. The first-order valence-corrected chi connectivity index (χ1v) is 9.19. The summed E-state index contributed by atoms with van der Waals surface area (Å²) >= 11 is 0. The normalized spacial score (nSPS) is 18.3. The maximum Gasteiger partial charge on any atom is 0.277 e. The number of amides is 3. The van der Waals surface area contributed by atoms with Gasteiger partial charge in [-0.2, -0.15) is 0 Å². The topological polar surface area (TPSA) is 65.4 Å². The van der Waals surface area contributed by atoms with E-state index in [4.69, 9.17) is 0 Å². The van der Waals surface area contributed by atoms with Crippen molar-refractivity contribution in [2.24, 2.45) is 0 Å². The van der Waals surface area contributed by atoms with Crippen molar-refractivity contribution >= 4 is 23.4 Å². The number of likely N-dealkylation sites (N-methyl/N-ethyl adjacent to an activating group) is 1. The molecule has 0 bridgehead atoms. The smallest absolute Gasteiger partial charge is 0.277 e. The van der Waals surface area contributed by atoms with Gasteiger partial charge in [0, 0.05) is 38.3 Å². The zero-order chi connectivity index (χ0) is 18.7. The third-order valence-electron chi connectivity index (χ3n) is 5.16. The Morgan fingerprint density at radius 1 is 1.08 bits per heavy atom. The molecule has 2 fully saturated rings. The Morgan fingerprint density at radius 2 is 1.73 bits per heavy atom. The summed E-state index contributed by atoms with van der Waals surface area (Å²) in [6.45, 7) is 4.11. The van der Waals surface area contributed by atoms with Gasteiger partial charge in [0.1, 0.15) is 0 Å². The Kier molecular flexibility index (Phi) is 5.56.